The molecule has 0 aliphatic carbocycles. The Bertz CT molecular complexity index is 313. The van der Waals surface area contributed by atoms with Gasteiger partial charge in [0.1, 0.15) is 5.00 Å². The van der Waals surface area contributed by atoms with Crippen LogP contribution in [0.15, 0.2) is 6.20 Å². The Hall–Kier alpha value is -1.08. The Labute approximate surface area is 83.9 Å². The molecule has 1 aromatic heterocycles. The lowest BCUT2D eigenvalue weighted by atomic mass is 9.97. The molecule has 1 saturated heterocycles. The summed E-state index contributed by atoms with van der Waals surface area (Å²) < 4.78 is 16.9. The van der Waals surface area contributed by atoms with Gasteiger partial charge < -0.3 is 10.6 Å². The maximum Gasteiger partial charge on any atom is 0.259 e. The molecule has 14 heavy (non-hydrogen) atoms. The zero-order valence-corrected chi connectivity index (χ0v) is 8.05. The molecule has 1 aliphatic rings. The lowest BCUT2D eigenvalue weighted by molar-refractivity contribution is -0.123. The van der Waals surface area contributed by atoms with Gasteiger partial charge in [0.15, 0.2) is 6.17 Å². The SMILES string of the molecule is O=C(Nc1cnns1)C(F)C1CNC1. The molecule has 76 valence electrons. The van der Waals surface area contributed by atoms with Gasteiger partial charge in [0.05, 0.1) is 6.20 Å². The molecule has 5 nitrogen and oxygen atoms in total. The lowest BCUT2D eigenvalue weighted by Gasteiger charge is -2.28. The second-order valence-corrected chi connectivity index (χ2v) is 3.88. The van der Waals surface area contributed by atoms with E-state index >= 15 is 0 Å². The van der Waals surface area contributed by atoms with Crippen LogP contribution in [0, 0.1) is 5.92 Å². The van der Waals surface area contributed by atoms with Crippen molar-refractivity contribution in [2.75, 3.05) is 18.4 Å². The molecule has 1 aliphatic heterocycles. The number of hydrogen-bond acceptors (Lipinski definition) is 5. The quantitative estimate of drug-likeness (QED) is 0.748. The average molecular weight is 216 g/mol. The van der Waals surface area contributed by atoms with Gasteiger partial charge in [0, 0.05) is 30.5 Å². The molecule has 7 heteroatoms. The number of alkyl halides is 1. The van der Waals surface area contributed by atoms with E-state index < -0.39 is 12.1 Å². The molecule has 0 radical (unpaired) electrons. The van der Waals surface area contributed by atoms with Crippen LogP contribution < -0.4 is 10.6 Å². The van der Waals surface area contributed by atoms with Gasteiger partial charge in [-0.05, 0) is 0 Å². The van der Waals surface area contributed by atoms with Crippen molar-refractivity contribution in [2.24, 2.45) is 5.92 Å². The first-order valence-electron chi connectivity index (χ1n) is 4.20. The van der Waals surface area contributed by atoms with Crippen LogP contribution in [-0.4, -0.2) is 34.8 Å². The zero-order chi connectivity index (χ0) is 9.97. The third-order valence-electron chi connectivity index (χ3n) is 2.09. The number of amides is 1. The van der Waals surface area contributed by atoms with E-state index in [1.165, 1.54) is 6.20 Å². The first kappa shape index (κ1) is 9.47. The van der Waals surface area contributed by atoms with Crippen LogP contribution in [0.25, 0.3) is 0 Å². The van der Waals surface area contributed by atoms with Crippen LogP contribution in [0.4, 0.5) is 9.39 Å². The molecule has 1 fully saturated rings. The normalized spacial score (nSPS) is 18.6. The summed E-state index contributed by atoms with van der Waals surface area (Å²) in [5, 5.41) is 9.35. The number of carbonyl (C=O) groups excluding carboxylic acids is 1. The van der Waals surface area contributed by atoms with Gasteiger partial charge in [0.2, 0.25) is 0 Å². The first-order valence-corrected chi connectivity index (χ1v) is 4.97. The van der Waals surface area contributed by atoms with Crippen LogP contribution in [0.2, 0.25) is 0 Å². The number of nitrogens with zero attached hydrogens (tertiary/aromatic N) is 2. The van der Waals surface area contributed by atoms with Crippen molar-refractivity contribution in [1.82, 2.24) is 14.9 Å². The molecule has 0 aromatic carbocycles. The van der Waals surface area contributed by atoms with Crippen molar-refractivity contribution < 1.29 is 9.18 Å². The third kappa shape index (κ3) is 1.88. The van der Waals surface area contributed by atoms with Crippen LogP contribution in [0.3, 0.4) is 0 Å². The van der Waals surface area contributed by atoms with E-state index in [4.69, 9.17) is 0 Å². The summed E-state index contributed by atoms with van der Waals surface area (Å²) in [6.45, 7) is 1.13. The fraction of sp³-hybridized carbons (Fsp3) is 0.571. The summed E-state index contributed by atoms with van der Waals surface area (Å²) in [5.74, 6) is -0.807. The average Bonchev–Trinajstić information content (AvgIpc) is 2.53. The zero-order valence-electron chi connectivity index (χ0n) is 7.24. The Morgan fingerprint density at radius 1 is 1.79 bits per heavy atom. The van der Waals surface area contributed by atoms with E-state index in [2.05, 4.69) is 20.2 Å². The van der Waals surface area contributed by atoms with Gasteiger partial charge in [-0.2, -0.15) is 0 Å². The molecule has 1 aromatic rings. The number of carbonyl (C=O) groups is 1. The molecular formula is C7H9FN4OS. The highest BCUT2D eigenvalue weighted by Gasteiger charge is 2.32. The van der Waals surface area contributed by atoms with Crippen LogP contribution in [0.1, 0.15) is 0 Å². The maximum atomic E-state index is 13.3. The molecule has 2 heterocycles. The molecule has 0 bridgehead atoms. The fourth-order valence-electron chi connectivity index (χ4n) is 1.14. The van der Waals surface area contributed by atoms with Crippen molar-refractivity contribution in [3.8, 4) is 0 Å². The Morgan fingerprint density at radius 3 is 3.07 bits per heavy atom. The molecule has 0 spiro atoms. The number of aromatic nitrogens is 2. The minimum Gasteiger partial charge on any atom is -0.316 e. The highest BCUT2D eigenvalue weighted by molar-refractivity contribution is 7.10. The number of anilines is 1. The molecule has 1 amide bonds. The van der Waals surface area contributed by atoms with Crippen LogP contribution >= 0.6 is 11.5 Å². The molecule has 1 unspecified atom stereocenters. The van der Waals surface area contributed by atoms with Gasteiger partial charge in [-0.25, -0.2) is 4.39 Å². The standard InChI is InChI=1S/C7H9FN4OS/c8-6(4-1-9-2-4)7(13)11-5-3-10-12-14-5/h3-4,6,9H,1-2H2,(H,11,13). The lowest BCUT2D eigenvalue weighted by Crippen LogP contribution is -2.50. The topological polar surface area (TPSA) is 66.9 Å². The maximum absolute atomic E-state index is 13.3. The Kier molecular flexibility index (Phi) is 2.69. The van der Waals surface area contributed by atoms with Crippen molar-refractivity contribution in [3.63, 3.8) is 0 Å². The van der Waals surface area contributed by atoms with Gasteiger partial charge in [0.25, 0.3) is 5.91 Å². The van der Waals surface area contributed by atoms with E-state index in [1.807, 2.05) is 0 Å². The summed E-state index contributed by atoms with van der Waals surface area (Å²) in [4.78, 5) is 11.3. The Morgan fingerprint density at radius 2 is 2.57 bits per heavy atom. The molecule has 1 atom stereocenters. The van der Waals surface area contributed by atoms with Gasteiger partial charge in [-0.1, -0.05) is 4.49 Å². The highest BCUT2D eigenvalue weighted by atomic mass is 32.1. The van der Waals surface area contributed by atoms with Gasteiger partial charge >= 0.3 is 0 Å². The largest absolute Gasteiger partial charge is 0.316 e. The van der Waals surface area contributed by atoms with E-state index in [0.29, 0.717) is 18.1 Å². The van der Waals surface area contributed by atoms with Crippen molar-refractivity contribution in [1.29, 1.82) is 0 Å². The van der Waals surface area contributed by atoms with Gasteiger partial charge in [-0.15, -0.1) is 5.10 Å². The smallest absolute Gasteiger partial charge is 0.259 e. The second-order valence-electron chi connectivity index (χ2n) is 3.09. The van der Waals surface area contributed by atoms with E-state index in [1.54, 1.807) is 0 Å². The highest BCUT2D eigenvalue weighted by Crippen LogP contribution is 2.16. The molecule has 2 N–H and O–H groups in total. The summed E-state index contributed by atoms with van der Waals surface area (Å²) in [6, 6.07) is 0. The number of nitrogens with one attached hydrogen (secondary N) is 2. The summed E-state index contributed by atoms with van der Waals surface area (Å²) in [5.41, 5.74) is 0. The number of hydrogen-bond donors (Lipinski definition) is 2. The summed E-state index contributed by atoms with van der Waals surface area (Å²) in [7, 11) is 0. The Balaban J connectivity index is 1.88. The van der Waals surface area contributed by atoms with E-state index in [-0.39, 0.29) is 5.92 Å². The molecular weight excluding hydrogens is 207 g/mol. The van der Waals surface area contributed by atoms with Crippen molar-refractivity contribution in [2.45, 2.75) is 6.17 Å². The van der Waals surface area contributed by atoms with E-state index in [0.717, 1.165) is 11.5 Å². The first-order chi connectivity index (χ1) is 6.77. The van der Waals surface area contributed by atoms with Crippen molar-refractivity contribution in [3.05, 3.63) is 6.20 Å². The summed E-state index contributed by atoms with van der Waals surface area (Å²) >= 11 is 1.03. The minimum atomic E-state index is -1.45. The number of rotatable bonds is 3. The number of halogens is 1. The van der Waals surface area contributed by atoms with Crippen LogP contribution in [0.5, 0.6) is 0 Å². The molecule has 0 saturated carbocycles. The predicted octanol–water partition coefficient (Wildman–Crippen LogP) is 0.0341. The second kappa shape index (κ2) is 3.97. The monoisotopic (exact) mass is 216 g/mol. The fourth-order valence-corrected chi connectivity index (χ4v) is 1.57. The minimum absolute atomic E-state index is 0.198. The van der Waals surface area contributed by atoms with E-state index in [9.17, 15) is 9.18 Å². The summed E-state index contributed by atoms with van der Waals surface area (Å²) in [6.07, 6.45) is -0.0488. The third-order valence-corrected chi connectivity index (χ3v) is 2.67. The van der Waals surface area contributed by atoms with Gasteiger partial charge in [-0.3, -0.25) is 4.79 Å². The van der Waals surface area contributed by atoms with Crippen molar-refractivity contribution >= 4 is 22.4 Å². The molecule has 2 rings (SSSR count). The van der Waals surface area contributed by atoms with Crippen LogP contribution in [-0.2, 0) is 4.79 Å². The predicted molar refractivity (Wildman–Crippen MR) is 49.8 cm³/mol.